The van der Waals surface area contributed by atoms with Gasteiger partial charge in [0.05, 0.1) is 11.6 Å². The predicted molar refractivity (Wildman–Crippen MR) is 64.0 cm³/mol. The number of hydrogen-bond acceptors (Lipinski definition) is 3. The maximum atomic E-state index is 5.56. The summed E-state index contributed by atoms with van der Waals surface area (Å²) in [6.45, 7) is 4.01. The van der Waals surface area contributed by atoms with E-state index in [0.29, 0.717) is 6.04 Å². The highest BCUT2D eigenvalue weighted by atomic mass is 16.5. The summed E-state index contributed by atoms with van der Waals surface area (Å²) in [5, 5.41) is 0. The van der Waals surface area contributed by atoms with Crippen LogP contribution in [0.1, 0.15) is 32.6 Å². The maximum absolute atomic E-state index is 5.56. The minimum Gasteiger partial charge on any atom is -0.377 e. The molecule has 3 N–H and O–H groups in total. The van der Waals surface area contributed by atoms with E-state index in [0.717, 1.165) is 31.9 Å². The van der Waals surface area contributed by atoms with Crippen LogP contribution in [0.15, 0.2) is 4.99 Å². The molecule has 1 saturated heterocycles. The molecule has 1 atom stereocenters. The standard InChI is InChI=1S/C11H22N4O/c1-11(16-2)6-3-7-15(8-11)10(14-12)13-9-4-5-9/h9H,3-8,12H2,1-2H3,(H,13,14). The Balaban J connectivity index is 2.01. The second kappa shape index (κ2) is 4.59. The van der Waals surface area contributed by atoms with Crippen molar-refractivity contribution < 1.29 is 4.74 Å². The number of hydrogen-bond donors (Lipinski definition) is 2. The van der Waals surface area contributed by atoms with Crippen molar-refractivity contribution >= 4 is 5.96 Å². The molecule has 0 aromatic heterocycles. The van der Waals surface area contributed by atoms with Gasteiger partial charge in [0.1, 0.15) is 0 Å². The van der Waals surface area contributed by atoms with E-state index < -0.39 is 0 Å². The lowest BCUT2D eigenvalue weighted by atomic mass is 9.95. The van der Waals surface area contributed by atoms with E-state index in [1.54, 1.807) is 7.11 Å². The molecule has 5 heteroatoms. The van der Waals surface area contributed by atoms with Gasteiger partial charge in [-0.15, -0.1) is 0 Å². The lowest BCUT2D eigenvalue weighted by molar-refractivity contribution is -0.0356. The Bertz CT molecular complexity index is 277. The molecule has 2 rings (SSSR count). The highest BCUT2D eigenvalue weighted by molar-refractivity contribution is 5.80. The molecule has 0 radical (unpaired) electrons. The van der Waals surface area contributed by atoms with Crippen molar-refractivity contribution in [2.75, 3.05) is 20.2 Å². The van der Waals surface area contributed by atoms with Crippen molar-refractivity contribution in [3.8, 4) is 0 Å². The fourth-order valence-corrected chi connectivity index (χ4v) is 2.14. The molecule has 1 saturated carbocycles. The predicted octanol–water partition coefficient (Wildman–Crippen LogP) is 0.469. The highest BCUT2D eigenvalue weighted by Crippen LogP contribution is 2.26. The molecular formula is C11H22N4O. The Morgan fingerprint density at radius 1 is 1.56 bits per heavy atom. The fourth-order valence-electron chi connectivity index (χ4n) is 2.14. The van der Waals surface area contributed by atoms with E-state index in [9.17, 15) is 0 Å². The zero-order valence-corrected chi connectivity index (χ0v) is 10.2. The lowest BCUT2D eigenvalue weighted by Gasteiger charge is -2.40. The molecule has 0 aromatic rings. The number of nitrogens with one attached hydrogen (secondary N) is 1. The summed E-state index contributed by atoms with van der Waals surface area (Å²) in [6, 6.07) is 0.488. The molecular weight excluding hydrogens is 204 g/mol. The molecule has 0 spiro atoms. The number of aliphatic imine (C=N–C) groups is 1. The second-order valence-electron chi connectivity index (χ2n) is 5.01. The van der Waals surface area contributed by atoms with Crippen molar-refractivity contribution in [3.05, 3.63) is 0 Å². The van der Waals surface area contributed by atoms with Gasteiger partial charge < -0.3 is 9.64 Å². The fraction of sp³-hybridized carbons (Fsp3) is 0.909. The number of ether oxygens (including phenoxy) is 1. The summed E-state index contributed by atoms with van der Waals surface area (Å²) in [4.78, 5) is 6.78. The van der Waals surface area contributed by atoms with Gasteiger partial charge in [-0.2, -0.15) is 0 Å². The number of methoxy groups -OCH3 is 1. The average molecular weight is 226 g/mol. The van der Waals surface area contributed by atoms with Crippen LogP contribution in [-0.4, -0.2) is 42.7 Å². The molecule has 0 bridgehead atoms. The van der Waals surface area contributed by atoms with Crippen LogP contribution in [0, 0.1) is 0 Å². The van der Waals surface area contributed by atoms with Crippen LogP contribution in [0.5, 0.6) is 0 Å². The third-order valence-electron chi connectivity index (χ3n) is 3.43. The second-order valence-corrected chi connectivity index (χ2v) is 5.01. The van der Waals surface area contributed by atoms with Crippen LogP contribution in [0.3, 0.4) is 0 Å². The number of piperidine rings is 1. The van der Waals surface area contributed by atoms with Gasteiger partial charge in [0.2, 0.25) is 5.96 Å². The smallest absolute Gasteiger partial charge is 0.208 e. The van der Waals surface area contributed by atoms with Crippen LogP contribution < -0.4 is 11.3 Å². The first kappa shape index (κ1) is 11.7. The summed E-state index contributed by atoms with van der Waals surface area (Å²) in [5.74, 6) is 6.37. The summed E-state index contributed by atoms with van der Waals surface area (Å²) < 4.78 is 5.56. The van der Waals surface area contributed by atoms with Gasteiger partial charge >= 0.3 is 0 Å². The van der Waals surface area contributed by atoms with Crippen LogP contribution in [0.25, 0.3) is 0 Å². The van der Waals surface area contributed by atoms with E-state index in [4.69, 9.17) is 10.6 Å². The zero-order valence-electron chi connectivity index (χ0n) is 10.2. The number of hydrazine groups is 1. The van der Waals surface area contributed by atoms with Crippen LogP contribution in [-0.2, 0) is 4.74 Å². The van der Waals surface area contributed by atoms with Gasteiger partial charge in [-0.25, -0.2) is 10.8 Å². The Morgan fingerprint density at radius 2 is 2.31 bits per heavy atom. The number of nitrogens with zero attached hydrogens (tertiary/aromatic N) is 2. The van der Waals surface area contributed by atoms with Crippen molar-refractivity contribution in [3.63, 3.8) is 0 Å². The minimum atomic E-state index is -0.0700. The third kappa shape index (κ3) is 2.65. The van der Waals surface area contributed by atoms with Gasteiger partial charge in [-0.1, -0.05) is 0 Å². The molecule has 1 aliphatic heterocycles. The normalized spacial score (nSPS) is 31.7. The molecule has 0 aromatic carbocycles. The van der Waals surface area contributed by atoms with Gasteiger partial charge in [-0.05, 0) is 32.6 Å². The summed E-state index contributed by atoms with van der Waals surface area (Å²) in [5.41, 5.74) is 2.66. The molecule has 1 heterocycles. The summed E-state index contributed by atoms with van der Waals surface area (Å²) in [7, 11) is 1.77. The van der Waals surface area contributed by atoms with Crippen molar-refractivity contribution in [1.82, 2.24) is 10.3 Å². The highest BCUT2D eigenvalue weighted by Gasteiger charge is 2.33. The number of likely N-dealkylation sites (tertiary alicyclic amines) is 1. The summed E-state index contributed by atoms with van der Waals surface area (Å²) >= 11 is 0. The Kier molecular flexibility index (Phi) is 3.35. The number of nitrogens with two attached hydrogens (primary N) is 1. The number of rotatable bonds is 2. The van der Waals surface area contributed by atoms with Gasteiger partial charge in [0.15, 0.2) is 0 Å². The molecule has 92 valence electrons. The lowest BCUT2D eigenvalue weighted by Crippen LogP contribution is -2.54. The molecule has 0 amide bonds. The molecule has 1 unspecified atom stereocenters. The summed E-state index contributed by atoms with van der Waals surface area (Å²) in [6.07, 6.45) is 4.61. The first-order valence-corrected chi connectivity index (χ1v) is 6.01. The van der Waals surface area contributed by atoms with E-state index in [1.165, 1.54) is 12.8 Å². The van der Waals surface area contributed by atoms with E-state index in [2.05, 4.69) is 22.2 Å². The third-order valence-corrected chi connectivity index (χ3v) is 3.43. The topological polar surface area (TPSA) is 62.9 Å². The molecule has 2 aliphatic rings. The zero-order chi connectivity index (χ0) is 11.6. The van der Waals surface area contributed by atoms with Crippen LogP contribution >= 0.6 is 0 Å². The van der Waals surface area contributed by atoms with E-state index >= 15 is 0 Å². The Morgan fingerprint density at radius 3 is 2.88 bits per heavy atom. The quantitative estimate of drug-likeness (QED) is 0.311. The Hall–Kier alpha value is -0.810. The molecule has 5 nitrogen and oxygen atoms in total. The van der Waals surface area contributed by atoms with E-state index in [-0.39, 0.29) is 5.60 Å². The van der Waals surface area contributed by atoms with Crippen LogP contribution in [0.4, 0.5) is 0 Å². The van der Waals surface area contributed by atoms with E-state index in [1.807, 2.05) is 0 Å². The van der Waals surface area contributed by atoms with Crippen molar-refractivity contribution in [2.45, 2.75) is 44.2 Å². The van der Waals surface area contributed by atoms with Gasteiger partial charge in [0.25, 0.3) is 0 Å². The first-order valence-electron chi connectivity index (χ1n) is 6.01. The molecule has 1 aliphatic carbocycles. The monoisotopic (exact) mass is 226 g/mol. The van der Waals surface area contributed by atoms with Crippen molar-refractivity contribution in [1.29, 1.82) is 0 Å². The largest absolute Gasteiger partial charge is 0.377 e. The van der Waals surface area contributed by atoms with Crippen molar-refractivity contribution in [2.24, 2.45) is 10.8 Å². The van der Waals surface area contributed by atoms with Crippen LogP contribution in [0.2, 0.25) is 0 Å². The van der Waals surface area contributed by atoms with Gasteiger partial charge in [0, 0.05) is 20.2 Å². The molecule has 2 fully saturated rings. The SMILES string of the molecule is COC1(C)CCCN(C(=NC2CC2)NN)C1. The van der Waals surface area contributed by atoms with Gasteiger partial charge in [-0.3, -0.25) is 5.43 Å². The number of guanidine groups is 1. The maximum Gasteiger partial charge on any atom is 0.208 e. The Labute approximate surface area is 97.0 Å². The molecule has 16 heavy (non-hydrogen) atoms. The first-order chi connectivity index (χ1) is 7.67. The minimum absolute atomic E-state index is 0.0700. The average Bonchev–Trinajstić information content (AvgIpc) is 3.10.